The largest absolute Gasteiger partial charge is 0.492 e. The molecule has 0 saturated heterocycles. The summed E-state index contributed by atoms with van der Waals surface area (Å²) in [6, 6.07) is 3.12. The number of nitrogens with zero attached hydrogens (tertiary/aromatic N) is 1. The van der Waals surface area contributed by atoms with Gasteiger partial charge in [0, 0.05) is 13.5 Å². The summed E-state index contributed by atoms with van der Waals surface area (Å²) >= 11 is 5.43. The molecule has 1 aromatic carbocycles. The molecule has 0 spiro atoms. The van der Waals surface area contributed by atoms with Crippen molar-refractivity contribution in [1.82, 2.24) is 0 Å². The van der Waals surface area contributed by atoms with Crippen molar-refractivity contribution in [3.05, 3.63) is 26.0 Å². The van der Waals surface area contributed by atoms with E-state index in [1.54, 1.807) is 34.7 Å². The summed E-state index contributed by atoms with van der Waals surface area (Å²) in [7, 11) is -1.78. The molecule has 0 unspecified atom stereocenters. The smallest absolute Gasteiger partial charge is 0.423 e. The molecule has 0 amide bonds. The van der Waals surface area contributed by atoms with Gasteiger partial charge in [0.2, 0.25) is 0 Å². The number of benzene rings is 1. The summed E-state index contributed by atoms with van der Waals surface area (Å²) in [5.74, 6) is -0.597. The van der Waals surface area contributed by atoms with Crippen LogP contribution in [0, 0.1) is 9.39 Å². The minimum atomic E-state index is -1.78. The third kappa shape index (κ3) is 5.08. The van der Waals surface area contributed by atoms with E-state index in [9.17, 15) is 8.87 Å². The SMILES string of the molecule is F[N]=[W].OB(O)c1c(Br)ccc(I)c1F. The maximum absolute atomic E-state index is 13.2. The van der Waals surface area contributed by atoms with Crippen LogP contribution in [0.25, 0.3) is 0 Å². The first-order chi connectivity index (χ1) is 6.95. The summed E-state index contributed by atoms with van der Waals surface area (Å²) in [5.41, 5.74) is -0.123. The molecule has 1 rings (SSSR count). The van der Waals surface area contributed by atoms with Crippen LogP contribution in [0.15, 0.2) is 20.3 Å². The topological polar surface area (TPSA) is 52.8 Å². The van der Waals surface area contributed by atoms with Crippen molar-refractivity contribution in [3.8, 4) is 0 Å². The van der Waals surface area contributed by atoms with Gasteiger partial charge in [-0.25, -0.2) is 4.39 Å². The van der Waals surface area contributed by atoms with Gasteiger partial charge in [-0.05, 0) is 34.7 Å². The predicted molar refractivity (Wildman–Crippen MR) is 60.2 cm³/mol. The third-order valence-corrected chi connectivity index (χ3v) is 2.86. The van der Waals surface area contributed by atoms with E-state index in [0.29, 0.717) is 27.7 Å². The van der Waals surface area contributed by atoms with Gasteiger partial charge >= 0.3 is 34.9 Å². The van der Waals surface area contributed by atoms with Gasteiger partial charge in [-0.2, -0.15) is 0 Å². The second-order valence-electron chi connectivity index (χ2n) is 2.20. The Balaban J connectivity index is 0.000000583. The van der Waals surface area contributed by atoms with E-state index in [-0.39, 0.29) is 5.46 Å². The van der Waals surface area contributed by atoms with Crippen LogP contribution in [0.4, 0.5) is 8.87 Å². The molecule has 0 aliphatic rings. The van der Waals surface area contributed by atoms with E-state index in [4.69, 9.17) is 10.0 Å². The van der Waals surface area contributed by atoms with Crippen LogP contribution in [0.2, 0.25) is 0 Å². The standard InChI is InChI=1S/C6H4BBrFIO2.FN.W/c8-3-1-2-4(10)6(9)5(3)7(11)12;1-2;/h1-2,11-12H;;. The van der Waals surface area contributed by atoms with E-state index in [1.807, 2.05) is 0 Å². The molecule has 15 heavy (non-hydrogen) atoms. The van der Waals surface area contributed by atoms with E-state index >= 15 is 0 Å². The van der Waals surface area contributed by atoms with Crippen LogP contribution in [0.5, 0.6) is 0 Å². The van der Waals surface area contributed by atoms with Crippen molar-refractivity contribution in [2.75, 3.05) is 0 Å². The van der Waals surface area contributed by atoms with Gasteiger partial charge in [0.1, 0.15) is 5.82 Å². The molecule has 0 radical (unpaired) electrons. The Kier molecular flexibility index (Phi) is 8.35. The predicted octanol–water partition coefficient (Wildman–Crippen LogP) is 1.47. The Labute approximate surface area is 118 Å². The molecule has 0 aliphatic heterocycles. The van der Waals surface area contributed by atoms with Crippen LogP contribution in [0.3, 0.4) is 0 Å². The summed E-state index contributed by atoms with van der Waals surface area (Å²) in [4.78, 5) is 0. The minimum absolute atomic E-state index is 0.123. The van der Waals surface area contributed by atoms with E-state index in [2.05, 4.69) is 19.6 Å². The van der Waals surface area contributed by atoms with Crippen LogP contribution in [-0.2, 0) is 19.6 Å². The molecular weight excluding hydrogens is 558 g/mol. The fraction of sp³-hybridized carbons (Fsp3) is 0. The molecule has 0 fully saturated rings. The van der Waals surface area contributed by atoms with Gasteiger partial charge in [0.05, 0.1) is 0 Å². The number of halogens is 4. The molecule has 9 heteroatoms. The molecule has 2 N–H and O–H groups in total. The van der Waals surface area contributed by atoms with E-state index in [0.717, 1.165) is 0 Å². The first-order valence-electron chi connectivity index (χ1n) is 3.38. The van der Waals surface area contributed by atoms with Crippen molar-refractivity contribution >= 4 is 51.1 Å². The molecule has 0 heterocycles. The van der Waals surface area contributed by atoms with Crippen molar-refractivity contribution in [3.63, 3.8) is 0 Å². The van der Waals surface area contributed by atoms with Gasteiger partial charge in [-0.15, -0.1) is 0 Å². The summed E-state index contributed by atoms with van der Waals surface area (Å²) in [6.07, 6.45) is 0. The van der Waals surface area contributed by atoms with Crippen molar-refractivity contribution < 1.29 is 38.6 Å². The van der Waals surface area contributed by atoms with Crippen molar-refractivity contribution in [1.29, 1.82) is 0 Å². The monoisotopic (exact) mass is 561 g/mol. The van der Waals surface area contributed by atoms with Gasteiger partial charge in [-0.1, -0.05) is 15.9 Å². The summed E-state index contributed by atoms with van der Waals surface area (Å²) in [6.45, 7) is 0. The van der Waals surface area contributed by atoms with Crippen molar-refractivity contribution in [2.24, 2.45) is 3.72 Å². The summed E-state index contributed by atoms with van der Waals surface area (Å²) < 4.78 is 25.9. The quantitative estimate of drug-likeness (QED) is 0.310. The zero-order valence-corrected chi connectivity index (χ0v) is 13.7. The van der Waals surface area contributed by atoms with Gasteiger partial charge in [0.25, 0.3) is 0 Å². The summed E-state index contributed by atoms with van der Waals surface area (Å²) in [5, 5.41) is 17.6. The number of rotatable bonds is 1. The average Bonchev–Trinajstić information content (AvgIpc) is 2.13. The van der Waals surface area contributed by atoms with Crippen LogP contribution < -0.4 is 5.46 Å². The van der Waals surface area contributed by atoms with Gasteiger partial charge in [0.15, 0.2) is 0 Å². The molecule has 0 saturated carbocycles. The third-order valence-electron chi connectivity index (χ3n) is 1.34. The maximum Gasteiger partial charge on any atom is 0.492 e. The van der Waals surface area contributed by atoms with Gasteiger partial charge < -0.3 is 10.0 Å². The fourth-order valence-electron chi connectivity index (χ4n) is 0.779. The Morgan fingerprint density at radius 3 is 2.27 bits per heavy atom. The van der Waals surface area contributed by atoms with E-state index in [1.165, 1.54) is 0 Å². The molecule has 3 nitrogen and oxygen atoms in total. The van der Waals surface area contributed by atoms with E-state index < -0.39 is 12.9 Å². The number of hydrogen-bond donors (Lipinski definition) is 2. The Morgan fingerprint density at radius 1 is 1.47 bits per heavy atom. The maximum atomic E-state index is 13.2. The van der Waals surface area contributed by atoms with Crippen LogP contribution >= 0.6 is 38.5 Å². The molecule has 82 valence electrons. The molecule has 1 aromatic rings. The molecular formula is C6H4BBrF2INO2W. The Bertz CT molecular complexity index is 358. The molecule has 0 bridgehead atoms. The number of hydrogen-bond acceptors (Lipinski definition) is 3. The normalized spacial score (nSPS) is 8.93. The first kappa shape index (κ1) is 15.8. The minimum Gasteiger partial charge on any atom is -0.423 e. The molecule has 0 aromatic heterocycles. The fourth-order valence-corrected chi connectivity index (χ4v) is 1.76. The average molecular weight is 562 g/mol. The second kappa shape index (κ2) is 7.94. The molecule has 0 atom stereocenters. The Hall–Kier alpha value is 0.763. The zero-order chi connectivity index (χ0) is 12.0. The van der Waals surface area contributed by atoms with Gasteiger partial charge in [-0.3, -0.25) is 0 Å². The Morgan fingerprint density at radius 2 is 1.93 bits per heavy atom. The van der Waals surface area contributed by atoms with Crippen LogP contribution in [-0.4, -0.2) is 17.2 Å². The first-order valence-corrected chi connectivity index (χ1v) is 6.57. The molecule has 0 aliphatic carbocycles. The zero-order valence-electron chi connectivity index (χ0n) is 6.99. The van der Waals surface area contributed by atoms with Crippen molar-refractivity contribution in [2.45, 2.75) is 0 Å². The van der Waals surface area contributed by atoms with Crippen LogP contribution in [0.1, 0.15) is 0 Å². The second-order valence-corrected chi connectivity index (χ2v) is 4.71.